The summed E-state index contributed by atoms with van der Waals surface area (Å²) in [4.78, 5) is 14.0. The lowest BCUT2D eigenvalue weighted by molar-refractivity contribution is 0.0782. The third-order valence-electron chi connectivity index (χ3n) is 3.20. The van der Waals surface area contributed by atoms with Crippen LogP contribution in [0.25, 0.3) is 0 Å². The van der Waals surface area contributed by atoms with Crippen molar-refractivity contribution in [3.63, 3.8) is 0 Å². The zero-order valence-corrected chi connectivity index (χ0v) is 13.6. The Labute approximate surface area is 132 Å². The smallest absolute Gasteiger partial charge is 0.257 e. The molecule has 2 rings (SSSR count). The van der Waals surface area contributed by atoms with Gasteiger partial charge in [-0.25, -0.2) is 0 Å². The topological polar surface area (TPSA) is 40.5 Å². The van der Waals surface area contributed by atoms with Crippen molar-refractivity contribution >= 4 is 28.5 Å². The molecule has 0 spiro atoms. The number of phenols is 1. The maximum Gasteiger partial charge on any atom is 0.257 e. The van der Waals surface area contributed by atoms with Crippen molar-refractivity contribution in [2.75, 3.05) is 7.05 Å². The van der Waals surface area contributed by atoms with E-state index in [1.54, 1.807) is 30.1 Å². The minimum absolute atomic E-state index is 0.0204. The molecule has 0 radical (unpaired) electrons. The van der Waals surface area contributed by atoms with Crippen LogP contribution in [0.5, 0.6) is 5.75 Å². The molecule has 0 saturated heterocycles. The van der Waals surface area contributed by atoms with Crippen molar-refractivity contribution in [1.82, 2.24) is 4.90 Å². The lowest BCUT2D eigenvalue weighted by Crippen LogP contribution is -2.26. The Morgan fingerprint density at radius 2 is 1.95 bits per heavy atom. The van der Waals surface area contributed by atoms with Crippen molar-refractivity contribution < 1.29 is 9.90 Å². The summed E-state index contributed by atoms with van der Waals surface area (Å²) in [6.45, 7) is 2.55. The van der Waals surface area contributed by atoms with Gasteiger partial charge in [0.05, 0.1) is 5.56 Å². The van der Waals surface area contributed by atoms with Crippen LogP contribution in [0, 0.1) is 10.5 Å². The van der Waals surface area contributed by atoms with Crippen molar-refractivity contribution in [3.8, 4) is 5.75 Å². The largest absolute Gasteiger partial charge is 0.507 e. The standard InChI is InChI=1S/C16H16INO2/c1-11-5-3-4-6-12(11)10-18(2)16(20)14-9-13(17)7-8-15(14)19/h3-9,19H,10H2,1-2H3. The predicted molar refractivity (Wildman–Crippen MR) is 87.8 cm³/mol. The first-order valence-corrected chi connectivity index (χ1v) is 7.35. The van der Waals surface area contributed by atoms with Gasteiger partial charge in [-0.2, -0.15) is 0 Å². The molecule has 0 aliphatic rings. The van der Waals surface area contributed by atoms with Gasteiger partial charge in [0, 0.05) is 17.2 Å². The Bertz CT molecular complexity index is 640. The first-order chi connectivity index (χ1) is 9.49. The lowest BCUT2D eigenvalue weighted by Gasteiger charge is -2.19. The van der Waals surface area contributed by atoms with Crippen LogP contribution < -0.4 is 0 Å². The van der Waals surface area contributed by atoms with Gasteiger partial charge in [-0.15, -0.1) is 0 Å². The van der Waals surface area contributed by atoms with Crippen LogP contribution in [0.4, 0.5) is 0 Å². The predicted octanol–water partition coefficient (Wildman–Crippen LogP) is 3.58. The highest BCUT2D eigenvalue weighted by atomic mass is 127. The van der Waals surface area contributed by atoms with E-state index in [1.807, 2.05) is 31.2 Å². The molecule has 0 heterocycles. The molecule has 104 valence electrons. The molecule has 0 aromatic heterocycles. The molecule has 0 unspecified atom stereocenters. The quantitative estimate of drug-likeness (QED) is 0.826. The van der Waals surface area contributed by atoms with Crippen LogP contribution >= 0.6 is 22.6 Å². The molecule has 1 N–H and O–H groups in total. The maximum atomic E-state index is 12.4. The van der Waals surface area contributed by atoms with Gasteiger partial charge < -0.3 is 10.0 Å². The van der Waals surface area contributed by atoms with E-state index < -0.39 is 0 Å². The van der Waals surface area contributed by atoms with Gasteiger partial charge in [-0.3, -0.25) is 4.79 Å². The third-order valence-corrected chi connectivity index (χ3v) is 3.88. The first kappa shape index (κ1) is 14.8. The number of hydrogen-bond donors (Lipinski definition) is 1. The maximum absolute atomic E-state index is 12.4. The Kier molecular flexibility index (Phi) is 4.65. The van der Waals surface area contributed by atoms with Crippen LogP contribution in [0.15, 0.2) is 42.5 Å². The van der Waals surface area contributed by atoms with E-state index in [0.717, 1.165) is 14.7 Å². The van der Waals surface area contributed by atoms with Crippen LogP contribution in [0.3, 0.4) is 0 Å². The third kappa shape index (κ3) is 3.30. The zero-order valence-electron chi connectivity index (χ0n) is 11.4. The minimum Gasteiger partial charge on any atom is -0.507 e. The molecule has 0 fully saturated rings. The summed E-state index contributed by atoms with van der Waals surface area (Å²) in [5.74, 6) is -0.156. The molecular weight excluding hydrogens is 365 g/mol. The number of aromatic hydroxyl groups is 1. The van der Waals surface area contributed by atoms with Gasteiger partial charge in [0.25, 0.3) is 5.91 Å². The van der Waals surface area contributed by atoms with Crippen molar-refractivity contribution in [1.29, 1.82) is 0 Å². The minimum atomic E-state index is -0.177. The molecule has 20 heavy (non-hydrogen) atoms. The number of rotatable bonds is 3. The summed E-state index contributed by atoms with van der Waals surface area (Å²) in [6.07, 6.45) is 0. The van der Waals surface area contributed by atoms with Gasteiger partial charge >= 0.3 is 0 Å². The molecule has 0 aliphatic carbocycles. The molecular formula is C16H16INO2. The Hall–Kier alpha value is -1.56. The molecule has 3 nitrogen and oxygen atoms in total. The summed E-state index contributed by atoms with van der Waals surface area (Å²) in [7, 11) is 1.74. The van der Waals surface area contributed by atoms with Gasteiger partial charge in [-0.05, 0) is 58.8 Å². The lowest BCUT2D eigenvalue weighted by atomic mass is 10.1. The number of carbonyl (C=O) groups excluding carboxylic acids is 1. The fraction of sp³-hybridized carbons (Fsp3) is 0.188. The molecule has 1 amide bonds. The summed E-state index contributed by atoms with van der Waals surface area (Å²) < 4.78 is 0.924. The number of phenolic OH excluding ortho intramolecular Hbond substituents is 1. The summed E-state index contributed by atoms with van der Waals surface area (Å²) >= 11 is 2.13. The van der Waals surface area contributed by atoms with Crippen molar-refractivity contribution in [2.24, 2.45) is 0 Å². The highest BCUT2D eigenvalue weighted by Gasteiger charge is 2.16. The molecule has 2 aromatic carbocycles. The molecule has 0 aliphatic heterocycles. The van der Waals surface area contributed by atoms with Crippen LogP contribution in [-0.4, -0.2) is 23.0 Å². The number of benzene rings is 2. The number of carbonyl (C=O) groups is 1. The number of hydrogen-bond acceptors (Lipinski definition) is 2. The first-order valence-electron chi connectivity index (χ1n) is 6.27. The molecule has 0 saturated carbocycles. The van der Waals surface area contributed by atoms with Gasteiger partial charge in [0.1, 0.15) is 5.75 Å². The number of aryl methyl sites for hydroxylation is 1. The van der Waals surface area contributed by atoms with E-state index in [2.05, 4.69) is 22.6 Å². The van der Waals surface area contributed by atoms with E-state index in [1.165, 1.54) is 0 Å². The van der Waals surface area contributed by atoms with Crippen molar-refractivity contribution in [2.45, 2.75) is 13.5 Å². The Morgan fingerprint density at radius 1 is 1.25 bits per heavy atom. The Morgan fingerprint density at radius 3 is 2.65 bits per heavy atom. The fourth-order valence-corrected chi connectivity index (χ4v) is 2.49. The highest BCUT2D eigenvalue weighted by molar-refractivity contribution is 14.1. The highest BCUT2D eigenvalue weighted by Crippen LogP contribution is 2.22. The summed E-state index contributed by atoms with van der Waals surface area (Å²) in [5, 5.41) is 9.82. The second-order valence-electron chi connectivity index (χ2n) is 4.75. The van der Waals surface area contributed by atoms with E-state index in [9.17, 15) is 9.90 Å². The van der Waals surface area contributed by atoms with Crippen LogP contribution in [0.1, 0.15) is 21.5 Å². The summed E-state index contributed by atoms with van der Waals surface area (Å²) in [5.41, 5.74) is 2.60. The second kappa shape index (κ2) is 6.26. The molecule has 2 aromatic rings. The summed E-state index contributed by atoms with van der Waals surface area (Å²) in [6, 6.07) is 13.0. The van der Waals surface area contributed by atoms with Gasteiger partial charge in [0.15, 0.2) is 0 Å². The van der Waals surface area contributed by atoms with Crippen LogP contribution in [0.2, 0.25) is 0 Å². The number of amides is 1. The average molecular weight is 381 g/mol. The Balaban J connectivity index is 2.21. The average Bonchev–Trinajstić information content (AvgIpc) is 2.43. The molecule has 0 atom stereocenters. The van der Waals surface area contributed by atoms with Crippen molar-refractivity contribution in [3.05, 3.63) is 62.7 Å². The normalized spacial score (nSPS) is 10.3. The van der Waals surface area contributed by atoms with E-state index in [-0.39, 0.29) is 11.7 Å². The molecule has 0 bridgehead atoms. The van der Waals surface area contributed by atoms with Gasteiger partial charge in [0.2, 0.25) is 0 Å². The van der Waals surface area contributed by atoms with Crippen LogP contribution in [-0.2, 0) is 6.54 Å². The van der Waals surface area contributed by atoms with E-state index in [0.29, 0.717) is 12.1 Å². The van der Waals surface area contributed by atoms with Gasteiger partial charge in [-0.1, -0.05) is 24.3 Å². The van der Waals surface area contributed by atoms with E-state index >= 15 is 0 Å². The molecule has 4 heteroatoms. The zero-order chi connectivity index (χ0) is 14.7. The fourth-order valence-electron chi connectivity index (χ4n) is 2.00. The number of nitrogens with zero attached hydrogens (tertiary/aromatic N) is 1. The van der Waals surface area contributed by atoms with E-state index in [4.69, 9.17) is 0 Å². The number of halogens is 1. The monoisotopic (exact) mass is 381 g/mol. The second-order valence-corrected chi connectivity index (χ2v) is 5.99. The SMILES string of the molecule is Cc1ccccc1CN(C)C(=O)c1cc(I)ccc1O.